The van der Waals surface area contributed by atoms with Crippen LogP contribution in [-0.2, 0) is 4.74 Å². The zero-order chi connectivity index (χ0) is 12.8. The van der Waals surface area contributed by atoms with E-state index in [0.29, 0.717) is 5.56 Å². The molecule has 1 heterocycles. The summed E-state index contributed by atoms with van der Waals surface area (Å²) in [7, 11) is 1.36. The monoisotopic (exact) mass is 239 g/mol. The predicted octanol–water partition coefficient (Wildman–Crippen LogP) is 1.49. The Kier molecular flexibility index (Phi) is 3.89. The van der Waals surface area contributed by atoms with Crippen molar-refractivity contribution in [2.45, 2.75) is 6.42 Å². The van der Waals surface area contributed by atoms with Crippen molar-refractivity contribution in [3.8, 4) is 23.8 Å². The highest BCUT2D eigenvalue weighted by molar-refractivity contribution is 5.89. The van der Waals surface area contributed by atoms with Gasteiger partial charge in [-0.15, -0.1) is 0 Å². The van der Waals surface area contributed by atoms with Gasteiger partial charge in [0.25, 0.3) is 0 Å². The van der Waals surface area contributed by atoms with Crippen LogP contribution >= 0.6 is 0 Å². The second-order valence-corrected chi connectivity index (χ2v) is 3.90. The number of rotatable bonds is 1. The van der Waals surface area contributed by atoms with Crippen LogP contribution in [0.1, 0.15) is 22.3 Å². The van der Waals surface area contributed by atoms with Gasteiger partial charge in [-0.1, -0.05) is 5.92 Å². The first-order valence-electron chi connectivity index (χ1n) is 5.74. The summed E-state index contributed by atoms with van der Waals surface area (Å²) in [5.74, 6) is 8.19. The van der Waals surface area contributed by atoms with E-state index >= 15 is 0 Å². The molecule has 0 N–H and O–H groups in total. The molecule has 0 amide bonds. The largest absolute Gasteiger partial charge is 0.465 e. The Bertz CT molecular complexity index is 548. The number of hydrogen-bond acceptors (Lipinski definition) is 3. The highest BCUT2D eigenvalue weighted by Gasteiger charge is 2.07. The number of benzene rings is 1. The molecule has 1 aliphatic rings. The molecule has 0 aromatic heterocycles. The van der Waals surface area contributed by atoms with Crippen LogP contribution in [0.4, 0.5) is 0 Å². The van der Waals surface area contributed by atoms with Gasteiger partial charge in [-0.2, -0.15) is 0 Å². The van der Waals surface area contributed by atoms with Crippen LogP contribution in [0.15, 0.2) is 24.3 Å². The van der Waals surface area contributed by atoms with E-state index in [1.165, 1.54) is 13.5 Å². The molecule has 18 heavy (non-hydrogen) atoms. The van der Waals surface area contributed by atoms with Gasteiger partial charge in [-0.05, 0) is 36.6 Å². The third kappa shape index (κ3) is 3.06. The van der Waals surface area contributed by atoms with Gasteiger partial charge in [0.05, 0.1) is 12.7 Å². The van der Waals surface area contributed by atoms with Crippen LogP contribution in [0.3, 0.4) is 0 Å². The van der Waals surface area contributed by atoms with Crippen LogP contribution in [0.2, 0.25) is 0 Å². The van der Waals surface area contributed by atoms with E-state index in [4.69, 9.17) is 0 Å². The SMILES string of the molecule is COC(=O)c1ccc(C#CC#CN2CCC2)cc1. The second kappa shape index (κ2) is 5.80. The Morgan fingerprint density at radius 1 is 1.22 bits per heavy atom. The molecule has 1 fully saturated rings. The smallest absolute Gasteiger partial charge is 0.337 e. The molecule has 1 aliphatic heterocycles. The van der Waals surface area contributed by atoms with E-state index in [2.05, 4.69) is 28.5 Å². The summed E-state index contributed by atoms with van der Waals surface area (Å²) >= 11 is 0. The van der Waals surface area contributed by atoms with E-state index in [1.807, 2.05) is 4.90 Å². The highest BCUT2D eigenvalue weighted by Crippen LogP contribution is 2.04. The summed E-state index contributed by atoms with van der Waals surface area (Å²) in [5, 5.41) is 0. The quantitative estimate of drug-likeness (QED) is 0.549. The fourth-order valence-electron chi connectivity index (χ4n) is 1.45. The van der Waals surface area contributed by atoms with Gasteiger partial charge in [-0.3, -0.25) is 0 Å². The van der Waals surface area contributed by atoms with Crippen molar-refractivity contribution < 1.29 is 9.53 Å². The number of ether oxygens (including phenoxy) is 1. The van der Waals surface area contributed by atoms with Gasteiger partial charge in [-0.25, -0.2) is 4.79 Å². The second-order valence-electron chi connectivity index (χ2n) is 3.90. The number of carbonyl (C=O) groups is 1. The first-order valence-corrected chi connectivity index (χ1v) is 5.74. The molecule has 0 unspecified atom stereocenters. The third-order valence-corrected chi connectivity index (χ3v) is 2.65. The lowest BCUT2D eigenvalue weighted by Gasteiger charge is -2.25. The van der Waals surface area contributed by atoms with Crippen molar-refractivity contribution in [1.29, 1.82) is 0 Å². The molecular formula is C15H13NO2. The molecule has 0 spiro atoms. The molecule has 1 saturated heterocycles. The van der Waals surface area contributed by atoms with Crippen molar-refractivity contribution in [2.24, 2.45) is 0 Å². The number of esters is 1. The summed E-state index contributed by atoms with van der Waals surface area (Å²) in [6, 6.07) is 9.91. The number of methoxy groups -OCH3 is 1. The zero-order valence-corrected chi connectivity index (χ0v) is 10.2. The molecule has 1 aromatic carbocycles. The minimum atomic E-state index is -0.341. The average Bonchev–Trinajstić information content (AvgIpc) is 2.36. The normalized spacial score (nSPS) is 12.4. The summed E-state index contributed by atoms with van der Waals surface area (Å²) in [6.07, 6.45) is 1.22. The summed E-state index contributed by atoms with van der Waals surface area (Å²) in [5.41, 5.74) is 1.36. The van der Waals surface area contributed by atoms with Crippen LogP contribution < -0.4 is 0 Å². The molecule has 0 bridgehead atoms. The Hall–Kier alpha value is -2.39. The van der Waals surface area contributed by atoms with E-state index in [0.717, 1.165) is 18.7 Å². The lowest BCUT2D eigenvalue weighted by atomic mass is 10.1. The van der Waals surface area contributed by atoms with Crippen molar-refractivity contribution in [3.05, 3.63) is 35.4 Å². The Balaban J connectivity index is 1.98. The van der Waals surface area contributed by atoms with E-state index in [9.17, 15) is 4.79 Å². The van der Waals surface area contributed by atoms with Gasteiger partial charge in [0.1, 0.15) is 0 Å². The zero-order valence-electron chi connectivity index (χ0n) is 10.2. The third-order valence-electron chi connectivity index (χ3n) is 2.65. The topological polar surface area (TPSA) is 29.5 Å². The maximum atomic E-state index is 11.2. The van der Waals surface area contributed by atoms with Crippen LogP contribution in [0, 0.1) is 23.8 Å². The minimum absolute atomic E-state index is 0.341. The first-order chi connectivity index (χ1) is 8.79. The standard InChI is InChI=1S/C15H13NO2/c1-18-15(17)14-8-6-13(7-9-14)5-2-3-10-16-11-4-12-16/h6-9H,4,11-12H2,1H3. The van der Waals surface area contributed by atoms with E-state index in [1.54, 1.807) is 24.3 Å². The molecule has 3 nitrogen and oxygen atoms in total. The Morgan fingerprint density at radius 2 is 1.94 bits per heavy atom. The summed E-state index contributed by atoms with van der Waals surface area (Å²) in [6.45, 7) is 2.09. The fraction of sp³-hybridized carbons (Fsp3) is 0.267. The molecule has 0 saturated carbocycles. The van der Waals surface area contributed by atoms with Gasteiger partial charge in [0.15, 0.2) is 0 Å². The van der Waals surface area contributed by atoms with Crippen LogP contribution in [0.25, 0.3) is 0 Å². The van der Waals surface area contributed by atoms with E-state index < -0.39 is 0 Å². The number of hydrogen-bond donors (Lipinski definition) is 0. The maximum absolute atomic E-state index is 11.2. The minimum Gasteiger partial charge on any atom is -0.465 e. The number of likely N-dealkylation sites (tertiary alicyclic amines) is 1. The van der Waals surface area contributed by atoms with Gasteiger partial charge in [0.2, 0.25) is 0 Å². The van der Waals surface area contributed by atoms with Crippen molar-refractivity contribution in [1.82, 2.24) is 4.90 Å². The summed E-state index contributed by atoms with van der Waals surface area (Å²) in [4.78, 5) is 13.3. The molecule has 0 radical (unpaired) electrons. The molecule has 0 atom stereocenters. The predicted molar refractivity (Wildman–Crippen MR) is 68.6 cm³/mol. The Morgan fingerprint density at radius 3 is 2.50 bits per heavy atom. The van der Waals surface area contributed by atoms with Crippen LogP contribution in [0.5, 0.6) is 0 Å². The van der Waals surface area contributed by atoms with Crippen molar-refractivity contribution >= 4 is 5.97 Å². The molecule has 90 valence electrons. The summed E-state index contributed by atoms with van der Waals surface area (Å²) < 4.78 is 4.62. The number of carbonyl (C=O) groups excluding carboxylic acids is 1. The van der Waals surface area contributed by atoms with Crippen LogP contribution in [-0.4, -0.2) is 31.1 Å². The molecule has 3 heteroatoms. The lowest BCUT2D eigenvalue weighted by Crippen LogP contribution is -2.32. The number of nitrogens with zero attached hydrogens (tertiary/aromatic N) is 1. The van der Waals surface area contributed by atoms with Gasteiger partial charge in [0, 0.05) is 30.6 Å². The molecule has 0 aliphatic carbocycles. The lowest BCUT2D eigenvalue weighted by molar-refractivity contribution is 0.0601. The molecular weight excluding hydrogens is 226 g/mol. The van der Waals surface area contributed by atoms with E-state index in [-0.39, 0.29) is 5.97 Å². The highest BCUT2D eigenvalue weighted by atomic mass is 16.5. The Labute approximate surface area is 107 Å². The van der Waals surface area contributed by atoms with Crippen molar-refractivity contribution in [2.75, 3.05) is 20.2 Å². The maximum Gasteiger partial charge on any atom is 0.337 e. The van der Waals surface area contributed by atoms with Gasteiger partial charge >= 0.3 is 5.97 Å². The first kappa shape index (κ1) is 12.1. The molecule has 2 rings (SSSR count). The van der Waals surface area contributed by atoms with Gasteiger partial charge < -0.3 is 9.64 Å². The van der Waals surface area contributed by atoms with Crippen molar-refractivity contribution in [3.63, 3.8) is 0 Å². The average molecular weight is 239 g/mol. The fourth-order valence-corrected chi connectivity index (χ4v) is 1.45. The molecule has 1 aromatic rings.